The molecule has 1 aliphatic rings. The third kappa shape index (κ3) is 4.17. The Morgan fingerprint density at radius 2 is 2.24 bits per heavy atom. The molecule has 21 heavy (non-hydrogen) atoms. The number of alkyl halides is 1. The summed E-state index contributed by atoms with van der Waals surface area (Å²) in [4.78, 5) is 22.4. The molecule has 0 radical (unpaired) electrons. The van der Waals surface area contributed by atoms with E-state index < -0.39 is 4.92 Å². The number of nitro benzene ring substituents is 1. The monoisotopic (exact) mass is 310 g/mol. The lowest BCUT2D eigenvalue weighted by Crippen LogP contribution is -2.32. The average Bonchev–Trinajstić information content (AvgIpc) is 2.44. The van der Waals surface area contributed by atoms with E-state index in [1.165, 1.54) is 12.1 Å². The third-order valence-electron chi connectivity index (χ3n) is 3.93. The van der Waals surface area contributed by atoms with Crippen molar-refractivity contribution in [1.82, 2.24) is 5.32 Å². The number of benzene rings is 1. The number of nitro groups is 1. The van der Waals surface area contributed by atoms with Crippen LogP contribution < -0.4 is 5.32 Å². The topological polar surface area (TPSA) is 72.2 Å². The molecule has 1 aromatic rings. The molecule has 1 saturated carbocycles. The number of nitrogens with one attached hydrogen (secondary N) is 1. The molecule has 0 aromatic heterocycles. The number of amides is 1. The highest BCUT2D eigenvalue weighted by Gasteiger charge is 2.21. The van der Waals surface area contributed by atoms with Gasteiger partial charge in [0.15, 0.2) is 0 Å². The van der Waals surface area contributed by atoms with E-state index in [0.29, 0.717) is 23.6 Å². The van der Waals surface area contributed by atoms with Gasteiger partial charge in [0.2, 0.25) is 0 Å². The Balaban J connectivity index is 1.94. The van der Waals surface area contributed by atoms with Crippen LogP contribution in [0.4, 0.5) is 5.69 Å². The molecule has 1 amide bonds. The maximum Gasteiger partial charge on any atom is 0.272 e. The van der Waals surface area contributed by atoms with Gasteiger partial charge >= 0.3 is 0 Å². The Morgan fingerprint density at radius 3 is 2.86 bits per heavy atom. The highest BCUT2D eigenvalue weighted by Crippen LogP contribution is 2.27. The number of carbonyl (C=O) groups is 1. The summed E-state index contributed by atoms with van der Waals surface area (Å²) in [6, 6.07) is 4.42. The summed E-state index contributed by atoms with van der Waals surface area (Å²) in [7, 11) is 0. The SMILES string of the molecule is Cc1cc(C(=O)NCC2CCCC(Cl)C2)ccc1[N+](=O)[O-]. The maximum atomic E-state index is 12.1. The normalized spacial score (nSPS) is 21.8. The van der Waals surface area contributed by atoms with Crippen LogP contribution in [0.3, 0.4) is 0 Å². The standard InChI is InChI=1S/C15H19ClN2O3/c1-10-7-12(5-6-14(10)18(20)21)15(19)17-9-11-3-2-4-13(16)8-11/h5-7,11,13H,2-4,8-9H2,1H3,(H,17,19). The van der Waals surface area contributed by atoms with Crippen molar-refractivity contribution in [2.24, 2.45) is 5.92 Å². The number of aryl methyl sites for hydroxylation is 1. The number of rotatable bonds is 4. The van der Waals surface area contributed by atoms with Crippen LogP contribution in [-0.2, 0) is 0 Å². The predicted molar refractivity (Wildman–Crippen MR) is 81.8 cm³/mol. The fourth-order valence-electron chi connectivity index (χ4n) is 2.75. The number of carbonyl (C=O) groups excluding carboxylic acids is 1. The smallest absolute Gasteiger partial charge is 0.272 e. The highest BCUT2D eigenvalue weighted by molar-refractivity contribution is 6.20. The molecule has 5 nitrogen and oxygen atoms in total. The molecule has 114 valence electrons. The zero-order valence-corrected chi connectivity index (χ0v) is 12.7. The molecule has 0 heterocycles. The van der Waals surface area contributed by atoms with Gasteiger partial charge in [-0.3, -0.25) is 14.9 Å². The van der Waals surface area contributed by atoms with Crippen molar-refractivity contribution in [3.63, 3.8) is 0 Å². The van der Waals surface area contributed by atoms with Gasteiger partial charge in [-0.1, -0.05) is 6.42 Å². The number of nitrogens with zero attached hydrogens (tertiary/aromatic N) is 1. The number of halogens is 1. The minimum atomic E-state index is -0.445. The van der Waals surface area contributed by atoms with Crippen molar-refractivity contribution < 1.29 is 9.72 Å². The van der Waals surface area contributed by atoms with Crippen LogP contribution in [0.5, 0.6) is 0 Å². The first kappa shape index (κ1) is 15.8. The highest BCUT2D eigenvalue weighted by atomic mass is 35.5. The third-order valence-corrected chi connectivity index (χ3v) is 4.32. The molecule has 1 N–H and O–H groups in total. The molecule has 2 unspecified atom stereocenters. The zero-order valence-electron chi connectivity index (χ0n) is 12.0. The molecular formula is C15H19ClN2O3. The van der Waals surface area contributed by atoms with Crippen molar-refractivity contribution in [3.8, 4) is 0 Å². The molecule has 0 spiro atoms. The fourth-order valence-corrected chi connectivity index (χ4v) is 3.16. The van der Waals surface area contributed by atoms with Gasteiger partial charge in [-0.15, -0.1) is 11.6 Å². The Labute approximate surface area is 128 Å². The Morgan fingerprint density at radius 1 is 1.48 bits per heavy atom. The molecule has 1 fully saturated rings. The van der Waals surface area contributed by atoms with E-state index in [0.717, 1.165) is 25.7 Å². The van der Waals surface area contributed by atoms with Crippen molar-refractivity contribution in [1.29, 1.82) is 0 Å². The van der Waals surface area contributed by atoms with Gasteiger partial charge < -0.3 is 5.32 Å². The summed E-state index contributed by atoms with van der Waals surface area (Å²) < 4.78 is 0. The molecule has 2 rings (SSSR count). The second kappa shape index (κ2) is 6.89. The van der Waals surface area contributed by atoms with Gasteiger partial charge in [0, 0.05) is 29.1 Å². The van der Waals surface area contributed by atoms with Crippen molar-refractivity contribution in [2.45, 2.75) is 38.0 Å². The quantitative estimate of drug-likeness (QED) is 0.526. The summed E-state index contributed by atoms with van der Waals surface area (Å²) in [5.41, 5.74) is 0.978. The summed E-state index contributed by atoms with van der Waals surface area (Å²) in [6.07, 6.45) is 4.17. The van der Waals surface area contributed by atoms with Gasteiger partial charge in [0.1, 0.15) is 0 Å². The first-order valence-electron chi connectivity index (χ1n) is 7.14. The average molecular weight is 311 g/mol. The summed E-state index contributed by atoms with van der Waals surface area (Å²) >= 11 is 6.13. The van der Waals surface area contributed by atoms with Crippen LogP contribution in [0, 0.1) is 23.0 Å². The lowest BCUT2D eigenvalue weighted by Gasteiger charge is -2.25. The largest absolute Gasteiger partial charge is 0.352 e. The lowest BCUT2D eigenvalue weighted by atomic mass is 9.89. The van der Waals surface area contributed by atoms with Gasteiger partial charge in [-0.25, -0.2) is 0 Å². The first-order chi connectivity index (χ1) is 9.97. The molecule has 2 atom stereocenters. The van der Waals surface area contributed by atoms with Gasteiger partial charge in [0.25, 0.3) is 11.6 Å². The van der Waals surface area contributed by atoms with Crippen LogP contribution >= 0.6 is 11.6 Å². The maximum absolute atomic E-state index is 12.1. The van der Waals surface area contributed by atoms with Crippen LogP contribution in [0.1, 0.15) is 41.6 Å². The second-order valence-electron chi connectivity index (χ2n) is 5.60. The van der Waals surface area contributed by atoms with Gasteiger partial charge in [-0.05, 0) is 44.2 Å². The Hall–Kier alpha value is -1.62. The molecule has 0 saturated heterocycles. The Kier molecular flexibility index (Phi) is 5.17. The van der Waals surface area contributed by atoms with E-state index in [9.17, 15) is 14.9 Å². The zero-order chi connectivity index (χ0) is 15.4. The first-order valence-corrected chi connectivity index (χ1v) is 7.58. The minimum Gasteiger partial charge on any atom is -0.352 e. The van der Waals surface area contributed by atoms with E-state index in [2.05, 4.69) is 5.32 Å². The molecular weight excluding hydrogens is 292 g/mol. The molecule has 1 aliphatic carbocycles. The van der Waals surface area contributed by atoms with Crippen LogP contribution in [0.15, 0.2) is 18.2 Å². The minimum absolute atomic E-state index is 0.0313. The molecule has 6 heteroatoms. The molecule has 0 aliphatic heterocycles. The lowest BCUT2D eigenvalue weighted by molar-refractivity contribution is -0.385. The molecule has 0 bridgehead atoms. The molecule has 1 aromatic carbocycles. The van der Waals surface area contributed by atoms with Crippen molar-refractivity contribution in [3.05, 3.63) is 39.4 Å². The van der Waals surface area contributed by atoms with Crippen molar-refractivity contribution in [2.75, 3.05) is 6.54 Å². The van der Waals surface area contributed by atoms with Crippen LogP contribution in [0.2, 0.25) is 0 Å². The van der Waals surface area contributed by atoms with Crippen molar-refractivity contribution >= 4 is 23.2 Å². The number of hydrogen-bond donors (Lipinski definition) is 1. The van der Waals surface area contributed by atoms with Gasteiger partial charge in [-0.2, -0.15) is 0 Å². The number of hydrogen-bond acceptors (Lipinski definition) is 3. The van der Waals surface area contributed by atoms with E-state index >= 15 is 0 Å². The summed E-state index contributed by atoms with van der Waals surface area (Å²) in [5, 5.41) is 13.9. The van der Waals surface area contributed by atoms with E-state index in [1.54, 1.807) is 13.0 Å². The van der Waals surface area contributed by atoms with Gasteiger partial charge in [0.05, 0.1) is 4.92 Å². The summed E-state index contributed by atoms with van der Waals surface area (Å²) in [5.74, 6) is 0.231. The fraction of sp³-hybridized carbons (Fsp3) is 0.533. The Bertz CT molecular complexity index is 548. The summed E-state index contributed by atoms with van der Waals surface area (Å²) in [6.45, 7) is 2.24. The van der Waals surface area contributed by atoms with E-state index in [1.807, 2.05) is 0 Å². The van der Waals surface area contributed by atoms with Crippen LogP contribution in [0.25, 0.3) is 0 Å². The van der Waals surface area contributed by atoms with Crippen LogP contribution in [-0.4, -0.2) is 22.8 Å². The van der Waals surface area contributed by atoms with E-state index in [-0.39, 0.29) is 17.0 Å². The second-order valence-corrected chi connectivity index (χ2v) is 6.22. The predicted octanol–water partition coefficient (Wildman–Crippen LogP) is 3.43. The van der Waals surface area contributed by atoms with E-state index in [4.69, 9.17) is 11.6 Å².